The summed E-state index contributed by atoms with van der Waals surface area (Å²) in [4.78, 5) is 18.1. The Morgan fingerprint density at radius 3 is 3.00 bits per heavy atom. The van der Waals surface area contributed by atoms with E-state index in [9.17, 15) is 9.18 Å². The number of benzene rings is 1. The zero-order valence-electron chi connectivity index (χ0n) is 12.9. The second-order valence-corrected chi connectivity index (χ2v) is 7.03. The molecule has 0 aromatic heterocycles. The maximum atomic E-state index is 14.6. The van der Waals surface area contributed by atoms with E-state index in [-0.39, 0.29) is 11.7 Å². The Kier molecular flexibility index (Phi) is 3.64. The van der Waals surface area contributed by atoms with Crippen LogP contribution in [0.4, 0.5) is 10.1 Å². The van der Waals surface area contributed by atoms with Crippen molar-refractivity contribution in [2.75, 3.05) is 5.32 Å². The molecule has 0 radical (unpaired) electrons. The summed E-state index contributed by atoms with van der Waals surface area (Å²) in [7, 11) is 0. The van der Waals surface area contributed by atoms with Gasteiger partial charge in [0, 0.05) is 23.6 Å². The summed E-state index contributed by atoms with van der Waals surface area (Å²) in [6, 6.07) is 5.60. The van der Waals surface area contributed by atoms with Crippen LogP contribution < -0.4 is 5.32 Å². The summed E-state index contributed by atoms with van der Waals surface area (Å²) in [5.41, 5.74) is 1.95. The highest BCUT2D eigenvalue weighted by molar-refractivity contribution is 8.16. The molecular formula is C17H18FN3OS. The van der Waals surface area contributed by atoms with Crippen molar-refractivity contribution in [3.63, 3.8) is 0 Å². The van der Waals surface area contributed by atoms with Crippen molar-refractivity contribution in [2.45, 2.75) is 44.7 Å². The summed E-state index contributed by atoms with van der Waals surface area (Å²) < 4.78 is 14.6. The van der Waals surface area contributed by atoms with Gasteiger partial charge in [-0.2, -0.15) is 0 Å². The Balaban J connectivity index is 1.63. The van der Waals surface area contributed by atoms with Gasteiger partial charge in [0.1, 0.15) is 5.82 Å². The number of nitrogens with one attached hydrogen (secondary N) is 1. The lowest BCUT2D eigenvalue weighted by atomic mass is 9.90. The van der Waals surface area contributed by atoms with Gasteiger partial charge in [-0.05, 0) is 31.0 Å². The van der Waals surface area contributed by atoms with Gasteiger partial charge in [0.25, 0.3) is 0 Å². The van der Waals surface area contributed by atoms with Crippen molar-refractivity contribution in [3.8, 4) is 0 Å². The molecule has 3 aliphatic rings. The normalized spacial score (nSPS) is 25.6. The van der Waals surface area contributed by atoms with Gasteiger partial charge in [-0.1, -0.05) is 24.6 Å². The summed E-state index contributed by atoms with van der Waals surface area (Å²) >= 11 is 1.58. The molecule has 0 bridgehead atoms. The SMILES string of the molecule is CC(=O)Nc1ccc(C2=CSC3=N[C@H]4CCCC[C@@H]4N23)c(F)c1. The van der Waals surface area contributed by atoms with Gasteiger partial charge >= 0.3 is 0 Å². The number of aliphatic imine (C=N–C) groups is 1. The number of carbonyl (C=O) groups is 1. The molecule has 23 heavy (non-hydrogen) atoms. The average molecular weight is 331 g/mol. The molecule has 2 atom stereocenters. The fraction of sp³-hybridized carbons (Fsp3) is 0.412. The number of amides is 1. The third kappa shape index (κ3) is 2.55. The highest BCUT2D eigenvalue weighted by atomic mass is 32.2. The number of thioether (sulfide) groups is 1. The Labute approximate surface area is 138 Å². The van der Waals surface area contributed by atoms with E-state index in [4.69, 9.17) is 4.99 Å². The lowest BCUT2D eigenvalue weighted by molar-refractivity contribution is -0.114. The monoisotopic (exact) mass is 331 g/mol. The van der Waals surface area contributed by atoms with Crippen LogP contribution in [0.1, 0.15) is 38.2 Å². The number of amidine groups is 1. The molecule has 1 aliphatic carbocycles. The minimum absolute atomic E-state index is 0.202. The van der Waals surface area contributed by atoms with Crippen LogP contribution in [0.15, 0.2) is 28.6 Å². The van der Waals surface area contributed by atoms with Gasteiger partial charge in [-0.15, -0.1) is 0 Å². The Hall–Kier alpha value is -1.82. The van der Waals surface area contributed by atoms with E-state index >= 15 is 0 Å². The molecule has 0 unspecified atom stereocenters. The van der Waals surface area contributed by atoms with Gasteiger partial charge in [0.15, 0.2) is 5.17 Å². The second-order valence-electron chi connectivity index (χ2n) is 6.20. The van der Waals surface area contributed by atoms with E-state index in [1.54, 1.807) is 23.9 Å². The molecule has 1 amide bonds. The van der Waals surface area contributed by atoms with Crippen molar-refractivity contribution in [3.05, 3.63) is 35.0 Å². The quantitative estimate of drug-likeness (QED) is 0.896. The lowest BCUT2D eigenvalue weighted by Gasteiger charge is -2.32. The number of anilines is 1. The zero-order valence-corrected chi connectivity index (χ0v) is 13.7. The van der Waals surface area contributed by atoms with Crippen LogP contribution in [0, 0.1) is 5.82 Å². The van der Waals surface area contributed by atoms with Crippen molar-refractivity contribution in [1.29, 1.82) is 0 Å². The first-order chi connectivity index (χ1) is 11.1. The number of nitrogens with zero attached hydrogens (tertiary/aromatic N) is 2. The van der Waals surface area contributed by atoms with Crippen molar-refractivity contribution in [2.24, 2.45) is 4.99 Å². The first-order valence-corrected chi connectivity index (χ1v) is 8.83. The van der Waals surface area contributed by atoms with E-state index in [1.165, 1.54) is 25.8 Å². The molecule has 1 aromatic rings. The topological polar surface area (TPSA) is 44.7 Å². The number of rotatable bonds is 2. The molecule has 1 fully saturated rings. The smallest absolute Gasteiger partial charge is 0.221 e. The summed E-state index contributed by atoms with van der Waals surface area (Å²) in [6.07, 6.45) is 4.68. The minimum atomic E-state index is -0.316. The fourth-order valence-corrected chi connectivity index (χ4v) is 4.62. The first kappa shape index (κ1) is 14.8. The average Bonchev–Trinajstić information content (AvgIpc) is 3.06. The van der Waals surface area contributed by atoms with Crippen LogP contribution in [0.5, 0.6) is 0 Å². The largest absolute Gasteiger partial charge is 0.326 e. The molecule has 0 spiro atoms. The van der Waals surface area contributed by atoms with Crippen molar-refractivity contribution in [1.82, 2.24) is 4.90 Å². The standard InChI is InChI=1S/C17H18FN3OS/c1-10(22)19-11-6-7-12(13(18)8-11)16-9-23-17-20-14-4-2-3-5-15(14)21(16)17/h6-9,14-15H,2-5H2,1H3,(H,19,22)/t14-,15-/m0/s1. The van der Waals surface area contributed by atoms with Gasteiger partial charge in [0.2, 0.25) is 5.91 Å². The molecule has 1 saturated carbocycles. The van der Waals surface area contributed by atoms with Crippen LogP contribution in [-0.4, -0.2) is 28.1 Å². The maximum Gasteiger partial charge on any atom is 0.221 e. The molecule has 120 valence electrons. The molecule has 2 aliphatic heterocycles. The van der Waals surface area contributed by atoms with E-state index in [0.717, 1.165) is 23.7 Å². The number of carbonyl (C=O) groups excluding carboxylic acids is 1. The van der Waals surface area contributed by atoms with E-state index in [1.807, 2.05) is 5.41 Å². The van der Waals surface area contributed by atoms with Gasteiger partial charge < -0.3 is 10.2 Å². The van der Waals surface area contributed by atoms with E-state index in [2.05, 4.69) is 10.2 Å². The Morgan fingerprint density at radius 2 is 2.22 bits per heavy atom. The van der Waals surface area contributed by atoms with E-state index in [0.29, 0.717) is 23.3 Å². The highest BCUT2D eigenvalue weighted by Crippen LogP contribution is 2.44. The minimum Gasteiger partial charge on any atom is -0.326 e. The third-order valence-corrected chi connectivity index (χ3v) is 5.46. The van der Waals surface area contributed by atoms with Crippen LogP contribution in [0.2, 0.25) is 0 Å². The summed E-state index contributed by atoms with van der Waals surface area (Å²) in [6.45, 7) is 1.41. The van der Waals surface area contributed by atoms with Crippen molar-refractivity contribution < 1.29 is 9.18 Å². The molecule has 6 heteroatoms. The predicted octanol–water partition coefficient (Wildman–Crippen LogP) is 3.81. The fourth-order valence-electron chi connectivity index (χ4n) is 3.62. The predicted molar refractivity (Wildman–Crippen MR) is 91.6 cm³/mol. The number of hydrogen-bond acceptors (Lipinski definition) is 4. The molecule has 4 nitrogen and oxygen atoms in total. The third-order valence-electron chi connectivity index (χ3n) is 4.61. The number of hydrogen-bond donors (Lipinski definition) is 1. The van der Waals surface area contributed by atoms with Gasteiger partial charge in [0.05, 0.1) is 17.8 Å². The molecule has 2 heterocycles. The summed E-state index contributed by atoms with van der Waals surface area (Å²) in [5, 5.41) is 5.60. The zero-order chi connectivity index (χ0) is 16.0. The van der Waals surface area contributed by atoms with Crippen LogP contribution in [0.3, 0.4) is 0 Å². The van der Waals surface area contributed by atoms with Crippen LogP contribution >= 0.6 is 11.8 Å². The number of halogens is 1. The summed E-state index contributed by atoms with van der Waals surface area (Å²) in [5.74, 6) is -0.518. The molecular weight excluding hydrogens is 313 g/mol. The van der Waals surface area contributed by atoms with Gasteiger partial charge in [-0.3, -0.25) is 9.79 Å². The highest BCUT2D eigenvalue weighted by Gasteiger charge is 2.42. The van der Waals surface area contributed by atoms with Gasteiger partial charge in [-0.25, -0.2) is 4.39 Å². The van der Waals surface area contributed by atoms with Crippen LogP contribution in [-0.2, 0) is 4.79 Å². The van der Waals surface area contributed by atoms with E-state index < -0.39 is 0 Å². The lowest BCUT2D eigenvalue weighted by Crippen LogP contribution is -2.38. The molecule has 1 N–H and O–H groups in total. The molecule has 4 rings (SSSR count). The molecule has 0 saturated heterocycles. The van der Waals surface area contributed by atoms with Crippen LogP contribution in [0.25, 0.3) is 5.70 Å². The first-order valence-electron chi connectivity index (χ1n) is 7.95. The van der Waals surface area contributed by atoms with Crippen molar-refractivity contribution >= 4 is 34.2 Å². The molecule has 1 aromatic carbocycles. The maximum absolute atomic E-state index is 14.6. The number of fused-ring (bicyclic) bond motifs is 3. The second kappa shape index (κ2) is 5.67. The Bertz CT molecular complexity index is 731. The Morgan fingerprint density at radius 1 is 1.39 bits per heavy atom.